The summed E-state index contributed by atoms with van der Waals surface area (Å²) in [5.74, 6) is 1.38. The summed E-state index contributed by atoms with van der Waals surface area (Å²) in [4.78, 5) is 1.09. The standard InChI is InChI=1S/C13H21NO4S/c1-17-11-4-9(6-14-7-10(16)8-15)13(19-3)5-12(11)18-2/h4-5,10,14-16H,6-8H2,1-3H3. The van der Waals surface area contributed by atoms with Gasteiger partial charge in [0.15, 0.2) is 11.5 Å². The Morgan fingerprint density at radius 2 is 1.89 bits per heavy atom. The fraction of sp³-hybridized carbons (Fsp3) is 0.538. The Morgan fingerprint density at radius 1 is 1.26 bits per heavy atom. The van der Waals surface area contributed by atoms with E-state index in [0.29, 0.717) is 24.6 Å². The van der Waals surface area contributed by atoms with Gasteiger partial charge in [-0.1, -0.05) is 0 Å². The molecule has 0 aliphatic rings. The summed E-state index contributed by atoms with van der Waals surface area (Å²) < 4.78 is 10.5. The van der Waals surface area contributed by atoms with Crippen molar-refractivity contribution in [3.8, 4) is 11.5 Å². The second-order valence-corrected chi connectivity index (χ2v) is 4.83. The van der Waals surface area contributed by atoms with Crippen LogP contribution in [0.5, 0.6) is 11.5 Å². The molecule has 1 atom stereocenters. The third-order valence-electron chi connectivity index (χ3n) is 2.69. The third-order valence-corrected chi connectivity index (χ3v) is 3.51. The lowest BCUT2D eigenvalue weighted by Gasteiger charge is -2.15. The smallest absolute Gasteiger partial charge is 0.161 e. The van der Waals surface area contributed by atoms with Crippen molar-refractivity contribution < 1.29 is 19.7 Å². The van der Waals surface area contributed by atoms with Gasteiger partial charge in [0.2, 0.25) is 0 Å². The molecular formula is C13H21NO4S. The summed E-state index contributed by atoms with van der Waals surface area (Å²) in [7, 11) is 3.21. The van der Waals surface area contributed by atoms with Gasteiger partial charge in [0.25, 0.3) is 0 Å². The number of methoxy groups -OCH3 is 2. The van der Waals surface area contributed by atoms with Crippen molar-refractivity contribution in [3.63, 3.8) is 0 Å². The molecule has 3 N–H and O–H groups in total. The van der Waals surface area contributed by atoms with Crippen LogP contribution in [0.3, 0.4) is 0 Å². The van der Waals surface area contributed by atoms with Gasteiger partial charge in [0.05, 0.1) is 26.9 Å². The Labute approximate surface area is 117 Å². The van der Waals surface area contributed by atoms with Crippen molar-refractivity contribution in [3.05, 3.63) is 17.7 Å². The highest BCUT2D eigenvalue weighted by molar-refractivity contribution is 7.98. The molecule has 0 radical (unpaired) electrons. The number of nitrogens with one attached hydrogen (secondary N) is 1. The molecule has 0 bridgehead atoms. The van der Waals surface area contributed by atoms with Crippen molar-refractivity contribution in [2.45, 2.75) is 17.5 Å². The first-order valence-corrected chi connectivity index (χ1v) is 7.17. The van der Waals surface area contributed by atoms with Crippen LogP contribution in [-0.4, -0.2) is 49.9 Å². The first-order chi connectivity index (χ1) is 9.15. The van der Waals surface area contributed by atoms with Gasteiger partial charge in [-0.2, -0.15) is 0 Å². The number of benzene rings is 1. The highest BCUT2D eigenvalue weighted by Gasteiger charge is 2.11. The van der Waals surface area contributed by atoms with E-state index in [4.69, 9.17) is 14.6 Å². The molecule has 0 spiro atoms. The molecular weight excluding hydrogens is 266 g/mol. The van der Waals surface area contributed by atoms with E-state index in [1.54, 1.807) is 26.0 Å². The van der Waals surface area contributed by atoms with Crippen LogP contribution in [0.15, 0.2) is 17.0 Å². The number of aliphatic hydroxyl groups is 2. The van der Waals surface area contributed by atoms with Gasteiger partial charge in [-0.3, -0.25) is 0 Å². The Morgan fingerprint density at radius 3 is 2.42 bits per heavy atom. The largest absolute Gasteiger partial charge is 0.493 e. The number of thioether (sulfide) groups is 1. The molecule has 0 aliphatic carbocycles. The third kappa shape index (κ3) is 4.58. The fourth-order valence-electron chi connectivity index (χ4n) is 1.67. The summed E-state index contributed by atoms with van der Waals surface area (Å²) in [6, 6.07) is 3.85. The van der Waals surface area contributed by atoms with Crippen LogP contribution < -0.4 is 14.8 Å². The SMILES string of the molecule is COc1cc(CNCC(O)CO)c(SC)cc1OC. The van der Waals surface area contributed by atoms with Gasteiger partial charge < -0.3 is 25.0 Å². The number of aliphatic hydroxyl groups excluding tert-OH is 2. The molecule has 5 nitrogen and oxygen atoms in total. The van der Waals surface area contributed by atoms with Gasteiger partial charge in [-0.25, -0.2) is 0 Å². The Kier molecular flexibility index (Phi) is 7.01. The van der Waals surface area contributed by atoms with Gasteiger partial charge in [0.1, 0.15) is 0 Å². The van der Waals surface area contributed by atoms with Crippen LogP contribution in [0, 0.1) is 0 Å². The molecule has 0 aromatic heterocycles. The minimum atomic E-state index is -0.738. The van der Waals surface area contributed by atoms with Crippen molar-refractivity contribution in [1.29, 1.82) is 0 Å². The van der Waals surface area contributed by atoms with E-state index in [-0.39, 0.29) is 6.61 Å². The Bertz CT molecular complexity index is 400. The van der Waals surface area contributed by atoms with Crippen molar-refractivity contribution in [2.75, 3.05) is 33.6 Å². The Hall–Kier alpha value is -0.950. The molecule has 1 rings (SSSR count). The topological polar surface area (TPSA) is 71.0 Å². The van der Waals surface area contributed by atoms with Crippen LogP contribution in [0.2, 0.25) is 0 Å². The molecule has 1 aromatic carbocycles. The average Bonchev–Trinajstić information content (AvgIpc) is 2.46. The summed E-state index contributed by atoms with van der Waals surface area (Å²) in [5, 5.41) is 21.1. The van der Waals surface area contributed by atoms with E-state index in [2.05, 4.69) is 5.32 Å². The number of hydrogen-bond acceptors (Lipinski definition) is 6. The van der Waals surface area contributed by atoms with Crippen LogP contribution in [0.1, 0.15) is 5.56 Å². The molecule has 0 fully saturated rings. The summed E-state index contributed by atoms with van der Waals surface area (Å²) >= 11 is 1.62. The van der Waals surface area contributed by atoms with Crippen molar-refractivity contribution in [1.82, 2.24) is 5.32 Å². The van der Waals surface area contributed by atoms with E-state index in [9.17, 15) is 5.11 Å². The van der Waals surface area contributed by atoms with Gasteiger partial charge in [0, 0.05) is 18.0 Å². The molecule has 0 saturated heterocycles. The van der Waals surface area contributed by atoms with Crippen molar-refractivity contribution in [2.24, 2.45) is 0 Å². The normalized spacial score (nSPS) is 12.3. The first-order valence-electron chi connectivity index (χ1n) is 5.94. The van der Waals surface area contributed by atoms with Crippen molar-refractivity contribution >= 4 is 11.8 Å². The zero-order valence-electron chi connectivity index (χ0n) is 11.5. The fourth-order valence-corrected chi connectivity index (χ4v) is 2.29. The molecule has 1 unspecified atom stereocenters. The molecule has 108 valence electrons. The summed E-state index contributed by atoms with van der Waals surface area (Å²) in [6.45, 7) is 0.695. The lowest BCUT2D eigenvalue weighted by atomic mass is 10.2. The predicted octanol–water partition coefficient (Wildman–Crippen LogP) is 0.869. The zero-order chi connectivity index (χ0) is 14.3. The first kappa shape index (κ1) is 16.1. The maximum Gasteiger partial charge on any atom is 0.161 e. The molecule has 0 aliphatic heterocycles. The molecule has 0 heterocycles. The quantitative estimate of drug-likeness (QED) is 0.616. The molecule has 0 saturated carbocycles. The van der Waals surface area contributed by atoms with E-state index in [1.165, 1.54) is 0 Å². The zero-order valence-corrected chi connectivity index (χ0v) is 12.3. The molecule has 1 aromatic rings. The highest BCUT2D eigenvalue weighted by Crippen LogP contribution is 2.34. The van der Waals surface area contributed by atoms with E-state index >= 15 is 0 Å². The van der Waals surface area contributed by atoms with Crippen LogP contribution in [0.4, 0.5) is 0 Å². The summed E-state index contributed by atoms with van der Waals surface area (Å²) in [5.41, 5.74) is 1.07. The second kappa shape index (κ2) is 8.27. The number of rotatable bonds is 8. The van der Waals surface area contributed by atoms with Gasteiger partial charge in [-0.15, -0.1) is 11.8 Å². The summed E-state index contributed by atoms with van der Waals surface area (Å²) in [6.07, 6.45) is 1.26. The molecule has 19 heavy (non-hydrogen) atoms. The maximum absolute atomic E-state index is 9.28. The van der Waals surface area contributed by atoms with Crippen LogP contribution >= 0.6 is 11.8 Å². The van der Waals surface area contributed by atoms with Gasteiger partial charge in [-0.05, 0) is 24.0 Å². The lowest BCUT2D eigenvalue weighted by molar-refractivity contribution is 0.0942. The lowest BCUT2D eigenvalue weighted by Crippen LogP contribution is -2.29. The monoisotopic (exact) mass is 287 g/mol. The average molecular weight is 287 g/mol. The predicted molar refractivity (Wildman–Crippen MR) is 76.1 cm³/mol. The molecule has 6 heteroatoms. The van der Waals surface area contributed by atoms with Crippen LogP contribution in [-0.2, 0) is 6.54 Å². The Balaban J connectivity index is 2.80. The van der Waals surface area contributed by atoms with E-state index in [0.717, 1.165) is 10.5 Å². The maximum atomic E-state index is 9.28. The minimum Gasteiger partial charge on any atom is -0.493 e. The minimum absolute atomic E-state index is 0.242. The highest BCUT2D eigenvalue weighted by atomic mass is 32.2. The molecule has 0 amide bonds. The number of ether oxygens (including phenoxy) is 2. The van der Waals surface area contributed by atoms with Gasteiger partial charge >= 0.3 is 0 Å². The second-order valence-electron chi connectivity index (χ2n) is 3.99. The number of hydrogen-bond donors (Lipinski definition) is 3. The van der Waals surface area contributed by atoms with E-state index < -0.39 is 6.10 Å². The van der Waals surface area contributed by atoms with Crippen LogP contribution in [0.25, 0.3) is 0 Å². The van der Waals surface area contributed by atoms with E-state index in [1.807, 2.05) is 18.4 Å².